The van der Waals surface area contributed by atoms with Crippen molar-refractivity contribution in [3.63, 3.8) is 0 Å². The fourth-order valence-electron chi connectivity index (χ4n) is 1.19. The van der Waals surface area contributed by atoms with Gasteiger partial charge in [-0.25, -0.2) is 4.39 Å². The molecular weight excluding hydrogens is 348 g/mol. The first-order chi connectivity index (χ1) is 8.45. The normalized spacial score (nSPS) is 10.4. The van der Waals surface area contributed by atoms with Gasteiger partial charge in [-0.1, -0.05) is 11.6 Å². The SMILES string of the molecule is Nc1nc(Cl)nc(Nc2c(Cl)cc(F)cc2Br)n1. The molecule has 94 valence electrons. The second kappa shape index (κ2) is 5.21. The Balaban J connectivity index is 2.40. The van der Waals surface area contributed by atoms with Gasteiger partial charge in [-0.05, 0) is 39.7 Å². The molecule has 3 N–H and O–H groups in total. The van der Waals surface area contributed by atoms with Crippen molar-refractivity contribution in [3.8, 4) is 0 Å². The summed E-state index contributed by atoms with van der Waals surface area (Å²) in [6, 6.07) is 2.40. The molecule has 9 heteroatoms. The largest absolute Gasteiger partial charge is 0.368 e. The molecule has 2 aromatic rings. The third kappa shape index (κ3) is 2.98. The molecule has 0 radical (unpaired) electrons. The molecule has 1 heterocycles. The minimum absolute atomic E-state index is 0.0353. The Hall–Kier alpha value is -1.18. The van der Waals surface area contributed by atoms with Crippen LogP contribution in [0.25, 0.3) is 0 Å². The number of halogens is 4. The van der Waals surface area contributed by atoms with E-state index in [-0.39, 0.29) is 22.2 Å². The lowest BCUT2D eigenvalue weighted by molar-refractivity contribution is 0.627. The lowest BCUT2D eigenvalue weighted by atomic mass is 10.3. The van der Waals surface area contributed by atoms with Crippen molar-refractivity contribution in [2.24, 2.45) is 0 Å². The molecule has 0 aliphatic carbocycles. The highest BCUT2D eigenvalue weighted by Gasteiger charge is 2.11. The molecule has 18 heavy (non-hydrogen) atoms. The summed E-state index contributed by atoms with van der Waals surface area (Å²) in [4.78, 5) is 11.2. The minimum Gasteiger partial charge on any atom is -0.368 e. The quantitative estimate of drug-likeness (QED) is 0.866. The second-order valence-electron chi connectivity index (χ2n) is 3.16. The van der Waals surface area contributed by atoms with Crippen molar-refractivity contribution in [1.82, 2.24) is 15.0 Å². The topological polar surface area (TPSA) is 76.7 Å². The number of anilines is 3. The Morgan fingerprint density at radius 3 is 2.56 bits per heavy atom. The van der Waals surface area contributed by atoms with Crippen LogP contribution in [0, 0.1) is 5.82 Å². The third-order valence-electron chi connectivity index (χ3n) is 1.87. The summed E-state index contributed by atoms with van der Waals surface area (Å²) >= 11 is 14.7. The zero-order valence-corrected chi connectivity index (χ0v) is 11.7. The number of nitrogens with zero attached hydrogens (tertiary/aromatic N) is 3. The molecule has 2 rings (SSSR count). The van der Waals surface area contributed by atoms with Gasteiger partial charge in [0.1, 0.15) is 5.82 Å². The van der Waals surface area contributed by atoms with Crippen molar-refractivity contribution in [3.05, 3.63) is 32.7 Å². The Bertz CT molecular complexity index is 566. The first-order valence-electron chi connectivity index (χ1n) is 4.54. The fraction of sp³-hybridized carbons (Fsp3) is 0. The molecule has 0 aliphatic heterocycles. The zero-order chi connectivity index (χ0) is 13.3. The summed E-state index contributed by atoms with van der Waals surface area (Å²) in [5.74, 6) is -0.390. The van der Waals surface area contributed by atoms with Crippen LogP contribution in [0.1, 0.15) is 0 Å². The summed E-state index contributed by atoms with van der Waals surface area (Å²) in [5, 5.41) is 2.88. The van der Waals surface area contributed by atoms with Crippen molar-refractivity contribution in [2.75, 3.05) is 11.1 Å². The monoisotopic (exact) mass is 351 g/mol. The number of hydrogen-bond acceptors (Lipinski definition) is 5. The van der Waals surface area contributed by atoms with E-state index in [0.29, 0.717) is 10.2 Å². The van der Waals surface area contributed by atoms with Gasteiger partial charge >= 0.3 is 0 Å². The van der Waals surface area contributed by atoms with Gasteiger partial charge in [-0.3, -0.25) is 0 Å². The van der Waals surface area contributed by atoms with Gasteiger partial charge in [0.05, 0.1) is 10.7 Å². The molecule has 0 aliphatic rings. The van der Waals surface area contributed by atoms with Gasteiger partial charge in [0.25, 0.3) is 0 Å². The van der Waals surface area contributed by atoms with E-state index in [2.05, 4.69) is 36.2 Å². The van der Waals surface area contributed by atoms with E-state index in [1.54, 1.807) is 0 Å². The van der Waals surface area contributed by atoms with E-state index in [0.717, 1.165) is 6.07 Å². The first kappa shape index (κ1) is 13.3. The lowest BCUT2D eigenvalue weighted by Crippen LogP contribution is -2.04. The summed E-state index contributed by atoms with van der Waals surface area (Å²) in [6.45, 7) is 0. The second-order valence-corrected chi connectivity index (χ2v) is 4.76. The van der Waals surface area contributed by atoms with Gasteiger partial charge in [-0.2, -0.15) is 15.0 Å². The van der Waals surface area contributed by atoms with Gasteiger partial charge in [0.15, 0.2) is 0 Å². The van der Waals surface area contributed by atoms with E-state index in [4.69, 9.17) is 28.9 Å². The molecular formula is C9H5BrCl2FN5. The van der Waals surface area contributed by atoms with Crippen LogP contribution in [0.5, 0.6) is 0 Å². The predicted octanol–water partition coefficient (Wildman–Crippen LogP) is 3.41. The lowest BCUT2D eigenvalue weighted by Gasteiger charge is -2.09. The maximum Gasteiger partial charge on any atom is 0.233 e. The number of rotatable bonds is 2. The van der Waals surface area contributed by atoms with E-state index < -0.39 is 5.82 Å². The maximum absolute atomic E-state index is 13.1. The zero-order valence-electron chi connectivity index (χ0n) is 8.59. The first-order valence-corrected chi connectivity index (χ1v) is 6.09. The molecule has 1 aromatic heterocycles. The highest BCUT2D eigenvalue weighted by atomic mass is 79.9. The number of benzene rings is 1. The van der Waals surface area contributed by atoms with Crippen LogP contribution >= 0.6 is 39.1 Å². The van der Waals surface area contributed by atoms with Crippen LogP contribution in [0.2, 0.25) is 10.3 Å². The highest BCUT2D eigenvalue weighted by molar-refractivity contribution is 9.10. The Morgan fingerprint density at radius 1 is 1.22 bits per heavy atom. The van der Waals surface area contributed by atoms with Crippen molar-refractivity contribution < 1.29 is 4.39 Å². The van der Waals surface area contributed by atoms with Crippen LogP contribution < -0.4 is 11.1 Å². The standard InChI is InChI=1S/C9H5BrCl2FN5/c10-4-1-3(13)2-5(11)6(4)15-9-17-7(12)16-8(14)18-9/h1-2H,(H3,14,15,16,17,18). The molecule has 1 aromatic carbocycles. The molecule has 0 spiro atoms. The molecule has 0 bridgehead atoms. The Morgan fingerprint density at radius 2 is 1.94 bits per heavy atom. The summed E-state index contributed by atoms with van der Waals surface area (Å²) < 4.78 is 13.5. The number of nitrogens with two attached hydrogens (primary N) is 1. The molecule has 0 saturated heterocycles. The van der Waals surface area contributed by atoms with Crippen LogP contribution in [0.4, 0.5) is 22.0 Å². The average molecular weight is 353 g/mol. The van der Waals surface area contributed by atoms with Gasteiger partial charge < -0.3 is 11.1 Å². The van der Waals surface area contributed by atoms with Crippen molar-refractivity contribution in [2.45, 2.75) is 0 Å². The number of hydrogen-bond donors (Lipinski definition) is 2. The van der Waals surface area contributed by atoms with E-state index in [1.807, 2.05) is 0 Å². The maximum atomic E-state index is 13.1. The molecule has 0 amide bonds. The van der Waals surface area contributed by atoms with Crippen LogP contribution in [-0.2, 0) is 0 Å². The fourth-order valence-corrected chi connectivity index (χ4v) is 2.26. The molecule has 0 atom stereocenters. The number of nitrogens with one attached hydrogen (secondary N) is 1. The van der Waals surface area contributed by atoms with Crippen molar-refractivity contribution in [1.29, 1.82) is 0 Å². The predicted molar refractivity (Wildman–Crippen MR) is 71.6 cm³/mol. The Labute approximate surface area is 120 Å². The smallest absolute Gasteiger partial charge is 0.233 e. The van der Waals surface area contributed by atoms with E-state index in [9.17, 15) is 4.39 Å². The summed E-state index contributed by atoms with van der Waals surface area (Å²) in [5.41, 5.74) is 5.82. The Kier molecular flexibility index (Phi) is 3.84. The number of aromatic nitrogens is 3. The van der Waals surface area contributed by atoms with Gasteiger partial charge in [0, 0.05) is 4.47 Å². The van der Waals surface area contributed by atoms with Crippen LogP contribution in [0.15, 0.2) is 16.6 Å². The molecule has 0 fully saturated rings. The van der Waals surface area contributed by atoms with Crippen LogP contribution in [0.3, 0.4) is 0 Å². The van der Waals surface area contributed by atoms with Crippen LogP contribution in [-0.4, -0.2) is 15.0 Å². The number of nitrogen functional groups attached to an aromatic ring is 1. The third-order valence-corrected chi connectivity index (χ3v) is 2.96. The van der Waals surface area contributed by atoms with E-state index in [1.165, 1.54) is 6.07 Å². The van der Waals surface area contributed by atoms with Gasteiger partial charge in [-0.15, -0.1) is 0 Å². The summed E-state index contributed by atoms with van der Waals surface area (Å²) in [7, 11) is 0. The molecule has 5 nitrogen and oxygen atoms in total. The van der Waals surface area contributed by atoms with E-state index >= 15 is 0 Å². The van der Waals surface area contributed by atoms with Gasteiger partial charge in [0.2, 0.25) is 17.2 Å². The average Bonchev–Trinajstić information content (AvgIpc) is 2.22. The minimum atomic E-state index is -0.467. The summed E-state index contributed by atoms with van der Waals surface area (Å²) in [6.07, 6.45) is 0. The van der Waals surface area contributed by atoms with Crippen molar-refractivity contribution >= 4 is 56.7 Å². The molecule has 0 saturated carbocycles. The molecule has 0 unspecified atom stereocenters. The highest BCUT2D eigenvalue weighted by Crippen LogP contribution is 2.33.